The van der Waals surface area contributed by atoms with Crippen LogP contribution in [0, 0.1) is 11.8 Å². The van der Waals surface area contributed by atoms with E-state index in [4.69, 9.17) is 16.3 Å². The summed E-state index contributed by atoms with van der Waals surface area (Å²) >= 11 is 8.28. The van der Waals surface area contributed by atoms with Crippen molar-refractivity contribution >= 4 is 60.1 Å². The molecule has 0 saturated carbocycles. The third-order valence-corrected chi connectivity index (χ3v) is 7.71. The van der Waals surface area contributed by atoms with E-state index < -0.39 is 27.7 Å². The fourth-order valence-corrected chi connectivity index (χ4v) is 5.36. The maximum atomic E-state index is 12.8. The van der Waals surface area contributed by atoms with Crippen molar-refractivity contribution in [2.75, 3.05) is 7.11 Å². The first-order valence-corrected chi connectivity index (χ1v) is 11.8. The molecule has 1 N–H and O–H groups in total. The van der Waals surface area contributed by atoms with Crippen molar-refractivity contribution in [3.8, 4) is 11.8 Å². The Morgan fingerprint density at radius 3 is 2.57 bits per heavy atom. The van der Waals surface area contributed by atoms with Crippen LogP contribution < -0.4 is 4.72 Å². The average molecular weight is 462 g/mol. The number of carbonyl (C=O) groups is 1. The van der Waals surface area contributed by atoms with Crippen LogP contribution in [0.25, 0.3) is 20.2 Å². The minimum Gasteiger partial charge on any atom is -0.469 e. The molecular formula is C23H24ClNO3S2. The molecule has 1 aromatic heterocycles. The van der Waals surface area contributed by atoms with Gasteiger partial charge in [0.05, 0.1) is 35.3 Å². The van der Waals surface area contributed by atoms with E-state index in [1.165, 1.54) is 7.11 Å². The molecule has 0 aliphatic rings. The molecule has 0 radical (unpaired) electrons. The summed E-state index contributed by atoms with van der Waals surface area (Å²) < 4.78 is 22.4. The number of halogens is 1. The Bertz CT molecular complexity index is 1200. The highest BCUT2D eigenvalue weighted by Gasteiger charge is 2.27. The molecule has 1 heterocycles. The second-order valence-electron chi connectivity index (χ2n) is 7.89. The second-order valence-corrected chi connectivity index (χ2v) is 11.4. The SMILES string of the molecule is CC#Cc1ccc2sc3cc(Cl)c([C@H](CC(=O)OC)NS(=O)C(C)(C)C)cc3c2c1. The third-order valence-electron chi connectivity index (χ3n) is 4.64. The molecule has 0 spiro atoms. The van der Waals surface area contributed by atoms with E-state index in [9.17, 15) is 9.00 Å². The molecule has 0 fully saturated rings. The van der Waals surface area contributed by atoms with Crippen LogP contribution in [0.15, 0.2) is 30.3 Å². The number of fused-ring (bicyclic) bond motifs is 3. The number of ether oxygens (including phenoxy) is 1. The first-order chi connectivity index (χ1) is 14.1. The summed E-state index contributed by atoms with van der Waals surface area (Å²) in [6.45, 7) is 7.43. The fourth-order valence-electron chi connectivity index (χ4n) is 3.07. The zero-order valence-corrected chi connectivity index (χ0v) is 20.0. The van der Waals surface area contributed by atoms with Crippen LogP contribution >= 0.6 is 22.9 Å². The quantitative estimate of drug-likeness (QED) is 0.389. The first-order valence-electron chi connectivity index (χ1n) is 9.47. The zero-order valence-electron chi connectivity index (χ0n) is 17.6. The summed E-state index contributed by atoms with van der Waals surface area (Å²) in [6.07, 6.45) is 0.0260. The molecule has 2 aromatic carbocycles. The van der Waals surface area contributed by atoms with Gasteiger partial charge in [0, 0.05) is 30.8 Å². The van der Waals surface area contributed by atoms with E-state index in [1.807, 2.05) is 45.9 Å². The zero-order chi connectivity index (χ0) is 22.1. The number of nitrogens with one attached hydrogen (secondary N) is 1. The molecule has 0 bridgehead atoms. The van der Waals surface area contributed by atoms with Crippen LogP contribution in [0.1, 0.15) is 51.3 Å². The summed E-state index contributed by atoms with van der Waals surface area (Å²) in [5.74, 6) is 5.62. The molecule has 0 aliphatic heterocycles. The van der Waals surface area contributed by atoms with Crippen LogP contribution in [-0.4, -0.2) is 22.0 Å². The monoisotopic (exact) mass is 461 g/mol. The van der Waals surface area contributed by atoms with Crippen LogP contribution in [0.5, 0.6) is 0 Å². The van der Waals surface area contributed by atoms with Crippen molar-refractivity contribution in [3.63, 3.8) is 0 Å². The molecule has 158 valence electrons. The van der Waals surface area contributed by atoms with Gasteiger partial charge >= 0.3 is 5.97 Å². The largest absolute Gasteiger partial charge is 0.469 e. The molecule has 0 aliphatic carbocycles. The van der Waals surface area contributed by atoms with Gasteiger partial charge in [0.1, 0.15) is 0 Å². The van der Waals surface area contributed by atoms with Gasteiger partial charge in [0.15, 0.2) is 0 Å². The van der Waals surface area contributed by atoms with E-state index in [2.05, 4.69) is 28.7 Å². The lowest BCUT2D eigenvalue weighted by atomic mass is 10.0. The number of rotatable bonds is 5. The predicted molar refractivity (Wildman–Crippen MR) is 127 cm³/mol. The Balaban J connectivity index is 2.15. The van der Waals surface area contributed by atoms with Crippen LogP contribution in [-0.2, 0) is 20.5 Å². The molecular weight excluding hydrogens is 438 g/mol. The Hall–Kier alpha value is -1.91. The van der Waals surface area contributed by atoms with E-state index in [-0.39, 0.29) is 6.42 Å². The molecule has 7 heteroatoms. The lowest BCUT2D eigenvalue weighted by molar-refractivity contribution is -0.141. The Morgan fingerprint density at radius 1 is 1.23 bits per heavy atom. The summed E-state index contributed by atoms with van der Waals surface area (Å²) in [7, 11) is -0.0434. The van der Waals surface area contributed by atoms with E-state index in [0.717, 1.165) is 31.3 Å². The molecule has 3 rings (SSSR count). The van der Waals surface area contributed by atoms with Crippen LogP contribution in [0.2, 0.25) is 5.02 Å². The molecule has 0 amide bonds. The highest BCUT2D eigenvalue weighted by atomic mass is 35.5. The van der Waals surface area contributed by atoms with Gasteiger partial charge in [-0.2, -0.15) is 0 Å². The van der Waals surface area contributed by atoms with Gasteiger partial charge in [0.25, 0.3) is 0 Å². The van der Waals surface area contributed by atoms with Crippen molar-refractivity contribution in [2.24, 2.45) is 0 Å². The number of methoxy groups -OCH3 is 1. The van der Waals surface area contributed by atoms with Gasteiger partial charge in [-0.25, -0.2) is 8.93 Å². The first kappa shape index (κ1) is 22.8. The van der Waals surface area contributed by atoms with E-state index >= 15 is 0 Å². The van der Waals surface area contributed by atoms with Gasteiger partial charge in [-0.05, 0) is 63.6 Å². The van der Waals surface area contributed by atoms with Gasteiger partial charge in [0.2, 0.25) is 0 Å². The second kappa shape index (κ2) is 9.07. The van der Waals surface area contributed by atoms with Crippen molar-refractivity contribution in [3.05, 3.63) is 46.5 Å². The molecule has 30 heavy (non-hydrogen) atoms. The van der Waals surface area contributed by atoms with Crippen molar-refractivity contribution in [2.45, 2.75) is 44.9 Å². The maximum Gasteiger partial charge on any atom is 0.307 e. The molecule has 2 atom stereocenters. The maximum absolute atomic E-state index is 12.8. The Morgan fingerprint density at radius 2 is 1.93 bits per heavy atom. The summed E-state index contributed by atoms with van der Waals surface area (Å²) in [6, 6.07) is 9.49. The summed E-state index contributed by atoms with van der Waals surface area (Å²) in [4.78, 5) is 12.1. The summed E-state index contributed by atoms with van der Waals surface area (Å²) in [5.41, 5.74) is 1.66. The smallest absolute Gasteiger partial charge is 0.307 e. The topological polar surface area (TPSA) is 55.4 Å². The number of carbonyl (C=O) groups excluding carboxylic acids is 1. The number of hydrogen-bond donors (Lipinski definition) is 1. The third kappa shape index (κ3) is 4.87. The normalized spacial score (nSPS) is 13.7. The van der Waals surface area contributed by atoms with Gasteiger partial charge in [-0.3, -0.25) is 4.79 Å². The highest BCUT2D eigenvalue weighted by Crippen LogP contribution is 2.39. The number of esters is 1. The Labute approximate surface area is 188 Å². The predicted octanol–water partition coefficient (Wildman–Crippen LogP) is 5.74. The number of hydrogen-bond acceptors (Lipinski definition) is 4. The molecule has 1 unspecified atom stereocenters. The fraction of sp³-hybridized carbons (Fsp3) is 0.348. The molecule has 3 aromatic rings. The van der Waals surface area contributed by atoms with Crippen molar-refractivity contribution in [1.29, 1.82) is 0 Å². The van der Waals surface area contributed by atoms with Crippen molar-refractivity contribution in [1.82, 2.24) is 4.72 Å². The van der Waals surface area contributed by atoms with E-state index in [0.29, 0.717) is 5.02 Å². The van der Waals surface area contributed by atoms with Gasteiger partial charge in [-0.1, -0.05) is 17.5 Å². The highest BCUT2D eigenvalue weighted by molar-refractivity contribution is 7.84. The average Bonchev–Trinajstić information content (AvgIpc) is 3.02. The number of thiophene rings is 1. The minimum atomic E-state index is -1.38. The van der Waals surface area contributed by atoms with E-state index in [1.54, 1.807) is 11.3 Å². The van der Waals surface area contributed by atoms with Crippen LogP contribution in [0.3, 0.4) is 0 Å². The van der Waals surface area contributed by atoms with Crippen LogP contribution in [0.4, 0.5) is 0 Å². The minimum absolute atomic E-state index is 0.0260. The summed E-state index contributed by atoms with van der Waals surface area (Å²) in [5, 5.41) is 2.64. The standard InChI is InChI=1S/C23H24ClNO3S2/c1-6-7-14-8-9-20-15(10-14)16-11-17(18(24)12-21(16)29-20)19(13-22(26)28-5)25-30(27)23(2,3)4/h8-12,19,25H,13H2,1-5H3/t19-,30?/m0/s1. The lowest BCUT2D eigenvalue weighted by Gasteiger charge is -2.24. The molecule has 0 saturated heterocycles. The lowest BCUT2D eigenvalue weighted by Crippen LogP contribution is -2.36. The Kier molecular flexibility index (Phi) is 6.88. The van der Waals surface area contributed by atoms with Crippen molar-refractivity contribution < 1.29 is 13.7 Å². The van der Waals surface area contributed by atoms with Gasteiger partial charge < -0.3 is 4.74 Å². The number of benzene rings is 2. The van der Waals surface area contributed by atoms with Gasteiger partial charge in [-0.15, -0.1) is 17.3 Å². The molecule has 4 nitrogen and oxygen atoms in total.